The summed E-state index contributed by atoms with van der Waals surface area (Å²) in [4.78, 5) is 20.0. The average molecular weight is 528 g/mol. The fourth-order valence-electron chi connectivity index (χ4n) is 3.91. The van der Waals surface area contributed by atoms with Crippen LogP contribution in [-0.2, 0) is 14.8 Å². The van der Waals surface area contributed by atoms with E-state index in [2.05, 4.69) is 9.71 Å². The van der Waals surface area contributed by atoms with Gasteiger partial charge in [0.2, 0.25) is 0 Å². The van der Waals surface area contributed by atoms with Gasteiger partial charge in [-0.05, 0) is 61.4 Å². The Morgan fingerprint density at radius 1 is 1.09 bits per heavy atom. The van der Waals surface area contributed by atoms with Crippen molar-refractivity contribution in [2.75, 3.05) is 22.8 Å². The number of nitrogens with zero attached hydrogens (tertiary/aromatic N) is 2. The van der Waals surface area contributed by atoms with Crippen molar-refractivity contribution in [1.82, 2.24) is 4.98 Å². The Kier molecular flexibility index (Phi) is 6.75. The summed E-state index contributed by atoms with van der Waals surface area (Å²) >= 11 is 7.71. The van der Waals surface area contributed by atoms with Gasteiger partial charge in [-0.25, -0.2) is 13.4 Å². The maximum Gasteiger partial charge on any atom is 0.261 e. The van der Waals surface area contributed by atoms with Gasteiger partial charge < -0.3 is 4.74 Å². The van der Waals surface area contributed by atoms with E-state index in [1.165, 1.54) is 23.5 Å². The van der Waals surface area contributed by atoms with E-state index in [1.807, 2.05) is 12.1 Å². The van der Waals surface area contributed by atoms with E-state index in [9.17, 15) is 13.2 Å². The van der Waals surface area contributed by atoms with Crippen LogP contribution in [0.3, 0.4) is 0 Å². The van der Waals surface area contributed by atoms with Gasteiger partial charge in [-0.15, -0.1) is 0 Å². The van der Waals surface area contributed by atoms with E-state index in [-0.39, 0.29) is 16.9 Å². The van der Waals surface area contributed by atoms with Crippen LogP contribution in [0.15, 0.2) is 77.7 Å². The van der Waals surface area contributed by atoms with Crippen molar-refractivity contribution >= 4 is 59.9 Å². The Balaban J connectivity index is 1.41. The minimum absolute atomic E-state index is 0.0709. The van der Waals surface area contributed by atoms with Crippen LogP contribution >= 0.6 is 22.9 Å². The number of anilines is 2. The number of thiazole rings is 1. The summed E-state index contributed by atoms with van der Waals surface area (Å²) in [5, 5.41) is 1.08. The van der Waals surface area contributed by atoms with Gasteiger partial charge in [0.15, 0.2) is 5.13 Å². The minimum atomic E-state index is -3.72. The van der Waals surface area contributed by atoms with Crippen molar-refractivity contribution in [1.29, 1.82) is 0 Å². The topological polar surface area (TPSA) is 88.6 Å². The Morgan fingerprint density at radius 2 is 1.86 bits per heavy atom. The van der Waals surface area contributed by atoms with Gasteiger partial charge in [0.05, 0.1) is 27.3 Å². The van der Waals surface area contributed by atoms with Crippen molar-refractivity contribution in [2.24, 2.45) is 0 Å². The lowest BCUT2D eigenvalue weighted by atomic mass is 10.1. The molecule has 3 aromatic carbocycles. The molecule has 5 rings (SSSR count). The second-order valence-electron chi connectivity index (χ2n) is 8.13. The molecule has 1 aromatic heterocycles. The lowest BCUT2D eigenvalue weighted by Gasteiger charge is -2.23. The van der Waals surface area contributed by atoms with Crippen LogP contribution in [0.1, 0.15) is 23.2 Å². The molecule has 0 spiro atoms. The van der Waals surface area contributed by atoms with Gasteiger partial charge in [-0.2, -0.15) is 0 Å². The molecule has 1 unspecified atom stereocenters. The molecule has 1 atom stereocenters. The molecule has 0 radical (unpaired) electrons. The van der Waals surface area contributed by atoms with Crippen LogP contribution in [0.5, 0.6) is 0 Å². The number of carbonyl (C=O) groups is 1. The molecule has 0 bridgehead atoms. The van der Waals surface area contributed by atoms with Crippen molar-refractivity contribution in [3.8, 4) is 0 Å². The number of para-hydroxylation sites is 1. The Labute approximate surface area is 212 Å². The van der Waals surface area contributed by atoms with Gasteiger partial charge in [0.25, 0.3) is 15.9 Å². The number of carbonyl (C=O) groups excluding carboxylic acids is 1. The number of hydrogen-bond acceptors (Lipinski definition) is 6. The third-order valence-corrected chi connectivity index (χ3v) is 8.43. The third kappa shape index (κ3) is 5.18. The molecular formula is C25H22ClN3O4S2. The zero-order chi connectivity index (χ0) is 24.4. The molecule has 2 heterocycles. The number of amides is 1. The summed E-state index contributed by atoms with van der Waals surface area (Å²) < 4.78 is 34.4. The first kappa shape index (κ1) is 23.7. The van der Waals surface area contributed by atoms with Gasteiger partial charge >= 0.3 is 0 Å². The molecule has 7 nitrogen and oxygen atoms in total. The molecule has 1 N–H and O–H groups in total. The monoisotopic (exact) mass is 527 g/mol. The van der Waals surface area contributed by atoms with E-state index in [4.69, 9.17) is 16.3 Å². The average Bonchev–Trinajstić information content (AvgIpc) is 3.53. The first-order chi connectivity index (χ1) is 16.9. The Hall–Kier alpha value is -2.98. The van der Waals surface area contributed by atoms with E-state index in [1.54, 1.807) is 53.4 Å². The van der Waals surface area contributed by atoms with Crippen LogP contribution in [0.25, 0.3) is 10.2 Å². The summed E-state index contributed by atoms with van der Waals surface area (Å²) in [5.74, 6) is -0.242. The molecule has 0 aliphatic carbocycles. The van der Waals surface area contributed by atoms with Gasteiger partial charge in [0, 0.05) is 17.9 Å². The third-order valence-electron chi connectivity index (χ3n) is 5.68. The summed E-state index contributed by atoms with van der Waals surface area (Å²) in [5.41, 5.74) is 1.43. The molecule has 0 saturated carbocycles. The van der Waals surface area contributed by atoms with Crippen molar-refractivity contribution in [3.63, 3.8) is 0 Å². The normalized spacial score (nSPS) is 15.9. The van der Waals surface area contributed by atoms with Gasteiger partial charge in [0.1, 0.15) is 5.52 Å². The first-order valence-electron chi connectivity index (χ1n) is 11.1. The second-order valence-corrected chi connectivity index (χ2v) is 11.2. The van der Waals surface area contributed by atoms with Crippen molar-refractivity contribution < 1.29 is 17.9 Å². The molecule has 1 aliphatic heterocycles. The number of hydrogen-bond donors (Lipinski definition) is 1. The number of benzene rings is 3. The molecule has 180 valence electrons. The largest absolute Gasteiger partial charge is 0.376 e. The number of sulfonamides is 1. The SMILES string of the molecule is O=C(c1ccc(NS(=O)(=O)c2ccccc2)cc1)N(CC1CCCO1)c1nc2c(Cl)cccc2s1. The van der Waals surface area contributed by atoms with Crippen LogP contribution in [0.4, 0.5) is 10.8 Å². The van der Waals surface area contributed by atoms with E-state index >= 15 is 0 Å². The predicted molar refractivity (Wildman–Crippen MR) is 139 cm³/mol. The number of aromatic nitrogens is 1. The highest BCUT2D eigenvalue weighted by Gasteiger charge is 2.27. The van der Waals surface area contributed by atoms with Crippen LogP contribution in [0.2, 0.25) is 5.02 Å². The first-order valence-corrected chi connectivity index (χ1v) is 13.7. The summed E-state index contributed by atoms with van der Waals surface area (Å²) in [6, 6.07) is 20.0. The van der Waals surface area contributed by atoms with Crippen molar-refractivity contribution in [2.45, 2.75) is 23.8 Å². The van der Waals surface area contributed by atoms with Crippen LogP contribution in [-0.4, -0.2) is 38.6 Å². The Bertz CT molecular complexity index is 1450. The quantitative estimate of drug-likeness (QED) is 0.339. The molecule has 1 amide bonds. The molecular weight excluding hydrogens is 506 g/mol. The maximum absolute atomic E-state index is 13.6. The molecule has 35 heavy (non-hydrogen) atoms. The fraction of sp³-hybridized carbons (Fsp3) is 0.200. The lowest BCUT2D eigenvalue weighted by molar-refractivity contribution is 0.0917. The number of rotatable bonds is 7. The molecule has 4 aromatic rings. The Morgan fingerprint density at radius 3 is 2.54 bits per heavy atom. The fourth-order valence-corrected chi connectivity index (χ4v) is 6.26. The number of fused-ring (bicyclic) bond motifs is 1. The summed E-state index contributed by atoms with van der Waals surface area (Å²) in [7, 11) is -3.72. The van der Waals surface area contributed by atoms with E-state index in [0.717, 1.165) is 17.5 Å². The summed E-state index contributed by atoms with van der Waals surface area (Å²) in [6.45, 7) is 1.05. The predicted octanol–water partition coefficient (Wildman–Crippen LogP) is 5.58. The highest BCUT2D eigenvalue weighted by atomic mass is 35.5. The van der Waals surface area contributed by atoms with Gasteiger partial charge in [-0.1, -0.05) is 47.2 Å². The molecule has 1 aliphatic rings. The lowest BCUT2D eigenvalue weighted by Crippen LogP contribution is -2.37. The number of halogens is 1. The zero-order valence-electron chi connectivity index (χ0n) is 18.6. The highest BCUT2D eigenvalue weighted by molar-refractivity contribution is 7.92. The highest BCUT2D eigenvalue weighted by Crippen LogP contribution is 2.34. The number of ether oxygens (including phenoxy) is 1. The molecule has 10 heteroatoms. The van der Waals surface area contributed by atoms with E-state index < -0.39 is 10.0 Å². The van der Waals surface area contributed by atoms with E-state index in [0.29, 0.717) is 40.1 Å². The maximum atomic E-state index is 13.6. The van der Waals surface area contributed by atoms with Crippen LogP contribution < -0.4 is 9.62 Å². The second kappa shape index (κ2) is 9.94. The van der Waals surface area contributed by atoms with Gasteiger partial charge in [-0.3, -0.25) is 14.4 Å². The van der Waals surface area contributed by atoms with Crippen molar-refractivity contribution in [3.05, 3.63) is 83.4 Å². The standard InChI is InChI=1S/C25H22ClN3O4S2/c26-21-9-4-10-22-23(21)27-25(34-22)29(16-19-6-5-15-33-19)24(30)17-11-13-18(14-12-17)28-35(31,32)20-7-2-1-3-8-20/h1-4,7-14,19,28H,5-6,15-16H2. The minimum Gasteiger partial charge on any atom is -0.376 e. The molecule has 1 fully saturated rings. The summed E-state index contributed by atoms with van der Waals surface area (Å²) in [6.07, 6.45) is 1.75. The zero-order valence-corrected chi connectivity index (χ0v) is 20.9. The molecule has 1 saturated heterocycles. The van der Waals surface area contributed by atoms with Crippen LogP contribution in [0, 0.1) is 0 Å². The number of nitrogens with one attached hydrogen (secondary N) is 1. The smallest absolute Gasteiger partial charge is 0.261 e.